The first-order valence-corrected chi connectivity index (χ1v) is 9.55. The number of hydrogen-bond acceptors (Lipinski definition) is 3. The van der Waals surface area contributed by atoms with Gasteiger partial charge in [-0.15, -0.1) is 11.8 Å². The number of rotatable bonds is 4. The fraction of sp³-hybridized carbons (Fsp3) is 0.0476. The molecule has 0 atom stereocenters. The van der Waals surface area contributed by atoms with Crippen LogP contribution in [0.3, 0.4) is 0 Å². The molecule has 3 aromatic carbocycles. The van der Waals surface area contributed by atoms with E-state index in [-0.39, 0.29) is 11.7 Å². The Bertz CT molecular complexity index is 1140. The van der Waals surface area contributed by atoms with Crippen LogP contribution < -0.4 is 5.32 Å². The average Bonchev–Trinajstić information content (AvgIpc) is 3.15. The van der Waals surface area contributed by atoms with Gasteiger partial charge in [0.15, 0.2) is 0 Å². The van der Waals surface area contributed by atoms with Crippen molar-refractivity contribution >= 4 is 34.3 Å². The van der Waals surface area contributed by atoms with Gasteiger partial charge in [0.2, 0.25) is 0 Å². The molecule has 1 heterocycles. The number of nitrogens with zero attached hydrogens (tertiary/aromatic N) is 1. The predicted octanol–water partition coefficient (Wildman–Crippen LogP) is 5.34. The Kier molecular flexibility index (Phi) is 4.64. The molecule has 27 heavy (non-hydrogen) atoms. The quantitative estimate of drug-likeness (QED) is 0.472. The number of carbonyl (C=O) groups is 1. The summed E-state index contributed by atoms with van der Waals surface area (Å²) in [6.07, 6.45) is 3.67. The Morgan fingerprint density at radius 1 is 1.11 bits per heavy atom. The molecule has 4 rings (SSSR count). The Balaban J connectivity index is 1.72. The highest BCUT2D eigenvalue weighted by atomic mass is 32.2. The third-order valence-corrected chi connectivity index (χ3v) is 5.03. The van der Waals surface area contributed by atoms with Crippen LogP contribution in [0.25, 0.3) is 22.0 Å². The zero-order chi connectivity index (χ0) is 18.8. The van der Waals surface area contributed by atoms with E-state index in [4.69, 9.17) is 0 Å². The number of hydrogen-bond donors (Lipinski definition) is 2. The monoisotopic (exact) mass is 377 g/mol. The highest BCUT2D eigenvalue weighted by Gasteiger charge is 2.15. The summed E-state index contributed by atoms with van der Waals surface area (Å²) in [7, 11) is 0. The summed E-state index contributed by atoms with van der Waals surface area (Å²) in [5.74, 6) is -0.580. The van der Waals surface area contributed by atoms with Crippen LogP contribution in [0.5, 0.6) is 0 Å². The molecule has 1 amide bonds. The van der Waals surface area contributed by atoms with Gasteiger partial charge >= 0.3 is 0 Å². The summed E-state index contributed by atoms with van der Waals surface area (Å²) in [5.41, 5.74) is 3.43. The summed E-state index contributed by atoms with van der Waals surface area (Å²) in [5, 5.41) is 10.7. The van der Waals surface area contributed by atoms with E-state index in [0.717, 1.165) is 15.8 Å². The van der Waals surface area contributed by atoms with E-state index in [1.807, 2.05) is 36.6 Å². The third kappa shape index (κ3) is 3.57. The molecule has 6 heteroatoms. The van der Waals surface area contributed by atoms with Gasteiger partial charge in [0.25, 0.3) is 5.91 Å². The second-order valence-corrected chi connectivity index (χ2v) is 6.93. The summed E-state index contributed by atoms with van der Waals surface area (Å²) < 4.78 is 13.7. The van der Waals surface area contributed by atoms with Gasteiger partial charge in [-0.2, -0.15) is 5.10 Å². The van der Waals surface area contributed by atoms with Crippen molar-refractivity contribution in [3.8, 4) is 11.1 Å². The zero-order valence-electron chi connectivity index (χ0n) is 14.5. The molecule has 2 N–H and O–H groups in total. The number of halogens is 1. The zero-order valence-corrected chi connectivity index (χ0v) is 15.3. The van der Waals surface area contributed by atoms with Crippen molar-refractivity contribution in [2.75, 3.05) is 11.6 Å². The highest BCUT2D eigenvalue weighted by Crippen LogP contribution is 2.30. The summed E-state index contributed by atoms with van der Waals surface area (Å²) in [4.78, 5) is 13.9. The number of anilines is 1. The molecule has 134 valence electrons. The molecule has 0 unspecified atom stereocenters. The number of H-pyrrole nitrogens is 1. The molecular formula is C21H16FN3OS. The maximum atomic E-state index is 13.7. The van der Waals surface area contributed by atoms with Crippen LogP contribution in [0, 0.1) is 5.82 Å². The summed E-state index contributed by atoms with van der Waals surface area (Å²) in [6, 6.07) is 17.4. The molecule has 1 aromatic heterocycles. The lowest BCUT2D eigenvalue weighted by Gasteiger charge is -2.12. The average molecular weight is 377 g/mol. The maximum absolute atomic E-state index is 13.7. The molecule has 0 radical (unpaired) electrons. The number of amides is 1. The maximum Gasteiger partial charge on any atom is 0.256 e. The Morgan fingerprint density at radius 3 is 2.81 bits per heavy atom. The normalized spacial score (nSPS) is 10.9. The molecule has 0 aliphatic heterocycles. The van der Waals surface area contributed by atoms with Crippen LogP contribution in [0.1, 0.15) is 10.4 Å². The highest BCUT2D eigenvalue weighted by molar-refractivity contribution is 7.98. The number of benzene rings is 3. The minimum atomic E-state index is -0.334. The Hall–Kier alpha value is -3.12. The number of fused-ring (bicyclic) bond motifs is 1. The van der Waals surface area contributed by atoms with Crippen molar-refractivity contribution in [1.82, 2.24) is 10.2 Å². The first-order valence-electron chi connectivity index (χ1n) is 8.32. The van der Waals surface area contributed by atoms with Gasteiger partial charge in [-0.1, -0.05) is 12.1 Å². The molecule has 0 fully saturated rings. The van der Waals surface area contributed by atoms with Gasteiger partial charge in [0, 0.05) is 21.5 Å². The molecule has 4 nitrogen and oxygen atoms in total. The molecular weight excluding hydrogens is 361 g/mol. The van der Waals surface area contributed by atoms with Crippen molar-refractivity contribution in [3.63, 3.8) is 0 Å². The largest absolute Gasteiger partial charge is 0.322 e. The standard InChI is InChI=1S/C21H16FN3OS/c1-27-17-6-7-18(19(11-17)13-3-2-4-15(22)9-13)21(26)24-16-5-8-20-14(10-16)12-23-25-20/h2-12H,1H3,(H,23,25)(H,24,26). The van der Waals surface area contributed by atoms with E-state index in [1.54, 1.807) is 36.2 Å². The van der Waals surface area contributed by atoms with Crippen molar-refractivity contribution in [2.45, 2.75) is 4.90 Å². The lowest BCUT2D eigenvalue weighted by molar-refractivity contribution is 0.102. The van der Waals surface area contributed by atoms with Crippen LogP contribution in [-0.2, 0) is 0 Å². The molecule has 4 aromatic rings. The smallest absolute Gasteiger partial charge is 0.256 e. The molecule has 0 spiro atoms. The van der Waals surface area contributed by atoms with Crippen LogP contribution in [0.15, 0.2) is 71.8 Å². The first-order chi connectivity index (χ1) is 13.1. The second-order valence-electron chi connectivity index (χ2n) is 6.05. The fourth-order valence-corrected chi connectivity index (χ4v) is 3.40. The second kappa shape index (κ2) is 7.25. The van der Waals surface area contributed by atoms with Crippen molar-refractivity contribution in [1.29, 1.82) is 0 Å². The van der Waals surface area contributed by atoms with E-state index in [0.29, 0.717) is 22.4 Å². The van der Waals surface area contributed by atoms with E-state index in [1.165, 1.54) is 12.1 Å². The fourth-order valence-electron chi connectivity index (χ4n) is 2.96. The number of thioether (sulfide) groups is 1. The molecule has 0 saturated carbocycles. The topological polar surface area (TPSA) is 57.8 Å². The van der Waals surface area contributed by atoms with E-state index >= 15 is 0 Å². The van der Waals surface area contributed by atoms with Crippen molar-refractivity contribution in [3.05, 3.63) is 78.2 Å². The summed E-state index contributed by atoms with van der Waals surface area (Å²) in [6.45, 7) is 0. The van der Waals surface area contributed by atoms with Crippen LogP contribution >= 0.6 is 11.8 Å². The number of carbonyl (C=O) groups excluding carboxylic acids is 1. The minimum Gasteiger partial charge on any atom is -0.322 e. The number of aromatic amines is 1. The van der Waals surface area contributed by atoms with E-state index < -0.39 is 0 Å². The lowest BCUT2D eigenvalue weighted by Crippen LogP contribution is -2.13. The Morgan fingerprint density at radius 2 is 2.00 bits per heavy atom. The lowest BCUT2D eigenvalue weighted by atomic mass is 9.99. The van der Waals surface area contributed by atoms with Crippen molar-refractivity contribution in [2.24, 2.45) is 0 Å². The van der Waals surface area contributed by atoms with Gasteiger partial charge in [-0.3, -0.25) is 9.89 Å². The summed E-state index contributed by atoms with van der Waals surface area (Å²) >= 11 is 1.57. The number of nitrogens with one attached hydrogen (secondary N) is 2. The SMILES string of the molecule is CSc1ccc(C(=O)Nc2ccc3[nH]ncc3c2)c(-c2cccc(F)c2)c1. The van der Waals surface area contributed by atoms with Crippen LogP contribution in [0.2, 0.25) is 0 Å². The number of aromatic nitrogens is 2. The third-order valence-electron chi connectivity index (χ3n) is 4.31. The van der Waals surface area contributed by atoms with E-state index in [9.17, 15) is 9.18 Å². The van der Waals surface area contributed by atoms with Gasteiger partial charge in [0.1, 0.15) is 5.82 Å². The Labute approximate surface area is 159 Å². The van der Waals surface area contributed by atoms with E-state index in [2.05, 4.69) is 15.5 Å². The first kappa shape index (κ1) is 17.3. The molecule has 0 aliphatic carbocycles. The van der Waals surface area contributed by atoms with Crippen LogP contribution in [-0.4, -0.2) is 22.4 Å². The van der Waals surface area contributed by atoms with Gasteiger partial charge in [0.05, 0.1) is 11.7 Å². The minimum absolute atomic E-state index is 0.246. The molecule has 0 aliphatic rings. The van der Waals surface area contributed by atoms with Crippen molar-refractivity contribution < 1.29 is 9.18 Å². The van der Waals surface area contributed by atoms with Gasteiger partial charge < -0.3 is 5.32 Å². The molecule has 0 saturated heterocycles. The van der Waals surface area contributed by atoms with Crippen LogP contribution in [0.4, 0.5) is 10.1 Å². The van der Waals surface area contributed by atoms with Gasteiger partial charge in [-0.25, -0.2) is 4.39 Å². The predicted molar refractivity (Wildman–Crippen MR) is 108 cm³/mol. The molecule has 0 bridgehead atoms. The van der Waals surface area contributed by atoms with Gasteiger partial charge in [-0.05, 0) is 65.9 Å².